The predicted octanol–water partition coefficient (Wildman–Crippen LogP) is 3.71. The van der Waals surface area contributed by atoms with Crippen molar-refractivity contribution in [1.82, 2.24) is 0 Å². The van der Waals surface area contributed by atoms with Crippen LogP contribution in [0.3, 0.4) is 0 Å². The standard InChI is InChI=1S/C15H16FNO2/c1-10(14-8-5-12(18)9-15(14)16)17-11-3-6-13(19-2)7-4-11/h3-10,17-18H,1-2H3. The molecule has 3 nitrogen and oxygen atoms in total. The number of halogens is 1. The van der Waals surface area contributed by atoms with Crippen molar-refractivity contribution >= 4 is 5.69 Å². The van der Waals surface area contributed by atoms with Crippen LogP contribution in [-0.2, 0) is 0 Å². The number of benzene rings is 2. The second-order valence-corrected chi connectivity index (χ2v) is 4.30. The first-order valence-corrected chi connectivity index (χ1v) is 5.99. The van der Waals surface area contributed by atoms with Crippen molar-refractivity contribution < 1.29 is 14.2 Å². The van der Waals surface area contributed by atoms with Crippen LogP contribution in [-0.4, -0.2) is 12.2 Å². The third-order valence-electron chi connectivity index (χ3n) is 2.92. The van der Waals surface area contributed by atoms with Gasteiger partial charge >= 0.3 is 0 Å². The highest BCUT2D eigenvalue weighted by atomic mass is 19.1. The summed E-state index contributed by atoms with van der Waals surface area (Å²) in [5.74, 6) is 0.278. The molecular weight excluding hydrogens is 245 g/mol. The van der Waals surface area contributed by atoms with Crippen molar-refractivity contribution in [2.75, 3.05) is 12.4 Å². The van der Waals surface area contributed by atoms with E-state index in [1.807, 2.05) is 31.2 Å². The van der Waals surface area contributed by atoms with E-state index in [-0.39, 0.29) is 11.8 Å². The number of nitrogens with one attached hydrogen (secondary N) is 1. The van der Waals surface area contributed by atoms with Crippen LogP contribution in [0.5, 0.6) is 11.5 Å². The van der Waals surface area contributed by atoms with Crippen LogP contribution in [0, 0.1) is 5.82 Å². The minimum atomic E-state index is -0.423. The van der Waals surface area contributed by atoms with Gasteiger partial charge in [0, 0.05) is 17.3 Å². The van der Waals surface area contributed by atoms with Crippen LogP contribution in [0.1, 0.15) is 18.5 Å². The molecular formula is C15H16FNO2. The first-order chi connectivity index (χ1) is 9.10. The molecule has 0 radical (unpaired) electrons. The fourth-order valence-corrected chi connectivity index (χ4v) is 1.88. The second-order valence-electron chi connectivity index (χ2n) is 4.30. The molecule has 0 saturated carbocycles. The maximum atomic E-state index is 13.7. The number of hydrogen-bond donors (Lipinski definition) is 2. The number of ether oxygens (including phenoxy) is 1. The molecule has 1 atom stereocenters. The molecule has 0 bridgehead atoms. The van der Waals surface area contributed by atoms with E-state index in [9.17, 15) is 9.50 Å². The minimum absolute atomic E-state index is 0.0714. The minimum Gasteiger partial charge on any atom is -0.508 e. The lowest BCUT2D eigenvalue weighted by Crippen LogP contribution is -2.08. The third-order valence-corrected chi connectivity index (χ3v) is 2.92. The Morgan fingerprint density at radius 2 is 1.84 bits per heavy atom. The van der Waals surface area contributed by atoms with Crippen molar-refractivity contribution in [3.63, 3.8) is 0 Å². The highest BCUT2D eigenvalue weighted by Crippen LogP contribution is 2.25. The monoisotopic (exact) mass is 261 g/mol. The number of anilines is 1. The van der Waals surface area contributed by atoms with E-state index in [1.54, 1.807) is 13.2 Å². The molecule has 1 unspecified atom stereocenters. The summed E-state index contributed by atoms with van der Waals surface area (Å²) in [7, 11) is 1.61. The van der Waals surface area contributed by atoms with Gasteiger partial charge in [0.15, 0.2) is 0 Å². The maximum Gasteiger partial charge on any atom is 0.132 e. The number of aromatic hydroxyl groups is 1. The Morgan fingerprint density at radius 3 is 2.42 bits per heavy atom. The van der Waals surface area contributed by atoms with Crippen LogP contribution in [0.25, 0.3) is 0 Å². The summed E-state index contributed by atoms with van der Waals surface area (Å²) in [5, 5.41) is 12.4. The molecule has 0 aliphatic carbocycles. The van der Waals surface area contributed by atoms with Gasteiger partial charge in [0.25, 0.3) is 0 Å². The number of hydrogen-bond acceptors (Lipinski definition) is 3. The normalized spacial score (nSPS) is 11.9. The van der Waals surface area contributed by atoms with Gasteiger partial charge in [0.1, 0.15) is 17.3 Å². The van der Waals surface area contributed by atoms with E-state index in [0.717, 1.165) is 17.5 Å². The summed E-state index contributed by atoms with van der Waals surface area (Å²) in [5.41, 5.74) is 1.38. The molecule has 0 heterocycles. The fraction of sp³-hybridized carbons (Fsp3) is 0.200. The first-order valence-electron chi connectivity index (χ1n) is 5.99. The summed E-state index contributed by atoms with van der Waals surface area (Å²) in [6.45, 7) is 1.86. The zero-order valence-corrected chi connectivity index (χ0v) is 10.9. The Labute approximate surface area is 111 Å². The maximum absolute atomic E-state index is 13.7. The van der Waals surface area contributed by atoms with Crippen molar-refractivity contribution in [2.45, 2.75) is 13.0 Å². The van der Waals surface area contributed by atoms with Crippen molar-refractivity contribution in [2.24, 2.45) is 0 Å². The van der Waals surface area contributed by atoms with Gasteiger partial charge in [0.05, 0.1) is 13.2 Å². The summed E-state index contributed by atoms with van der Waals surface area (Å²) < 4.78 is 18.8. The van der Waals surface area contributed by atoms with Gasteiger partial charge in [-0.15, -0.1) is 0 Å². The number of phenols is 1. The average molecular weight is 261 g/mol. The quantitative estimate of drug-likeness (QED) is 0.881. The fourth-order valence-electron chi connectivity index (χ4n) is 1.88. The van der Waals surface area contributed by atoms with E-state index in [1.165, 1.54) is 6.07 Å². The van der Waals surface area contributed by atoms with Crippen molar-refractivity contribution in [3.05, 3.63) is 53.8 Å². The van der Waals surface area contributed by atoms with Gasteiger partial charge in [-0.3, -0.25) is 0 Å². The van der Waals surface area contributed by atoms with E-state index in [2.05, 4.69) is 5.32 Å². The first kappa shape index (κ1) is 13.2. The van der Waals surface area contributed by atoms with Gasteiger partial charge in [0.2, 0.25) is 0 Å². The molecule has 19 heavy (non-hydrogen) atoms. The Balaban J connectivity index is 2.13. The Hall–Kier alpha value is -2.23. The molecule has 100 valence electrons. The summed E-state index contributed by atoms with van der Waals surface area (Å²) in [4.78, 5) is 0. The largest absolute Gasteiger partial charge is 0.508 e. The Morgan fingerprint density at radius 1 is 1.16 bits per heavy atom. The highest BCUT2D eigenvalue weighted by molar-refractivity contribution is 5.48. The molecule has 0 aliphatic heterocycles. The molecule has 2 aromatic carbocycles. The van der Waals surface area contributed by atoms with Gasteiger partial charge in [-0.1, -0.05) is 6.07 Å². The zero-order chi connectivity index (χ0) is 13.8. The van der Waals surface area contributed by atoms with Gasteiger partial charge < -0.3 is 15.2 Å². The Kier molecular flexibility index (Phi) is 3.90. The van der Waals surface area contributed by atoms with Crippen LogP contribution in [0.4, 0.5) is 10.1 Å². The molecule has 0 saturated heterocycles. The van der Waals surface area contributed by atoms with E-state index < -0.39 is 5.82 Å². The molecule has 0 spiro atoms. The molecule has 0 aromatic heterocycles. The summed E-state index contributed by atoms with van der Waals surface area (Å²) in [6, 6.07) is 11.4. The van der Waals surface area contributed by atoms with Crippen LogP contribution >= 0.6 is 0 Å². The molecule has 0 amide bonds. The van der Waals surface area contributed by atoms with Gasteiger partial charge in [-0.05, 0) is 37.3 Å². The smallest absolute Gasteiger partial charge is 0.132 e. The average Bonchev–Trinajstić information content (AvgIpc) is 2.39. The van der Waals surface area contributed by atoms with Crippen LogP contribution in [0.2, 0.25) is 0 Å². The van der Waals surface area contributed by atoms with E-state index >= 15 is 0 Å². The molecule has 2 aromatic rings. The molecule has 0 aliphatic rings. The predicted molar refractivity (Wildman–Crippen MR) is 73.1 cm³/mol. The number of rotatable bonds is 4. The van der Waals surface area contributed by atoms with E-state index in [0.29, 0.717) is 5.56 Å². The van der Waals surface area contributed by atoms with E-state index in [4.69, 9.17) is 4.74 Å². The van der Waals surface area contributed by atoms with Crippen molar-refractivity contribution in [3.8, 4) is 11.5 Å². The topological polar surface area (TPSA) is 41.5 Å². The van der Waals surface area contributed by atoms with Gasteiger partial charge in [-0.2, -0.15) is 0 Å². The summed E-state index contributed by atoms with van der Waals surface area (Å²) in [6.07, 6.45) is 0. The Bertz CT molecular complexity index is 555. The number of phenolic OH excluding ortho intramolecular Hbond substituents is 1. The molecule has 2 rings (SSSR count). The zero-order valence-electron chi connectivity index (χ0n) is 10.9. The highest BCUT2D eigenvalue weighted by Gasteiger charge is 2.11. The lowest BCUT2D eigenvalue weighted by Gasteiger charge is -2.16. The lowest BCUT2D eigenvalue weighted by atomic mass is 10.1. The number of methoxy groups -OCH3 is 1. The van der Waals surface area contributed by atoms with Crippen molar-refractivity contribution in [1.29, 1.82) is 0 Å². The SMILES string of the molecule is COc1ccc(NC(C)c2ccc(O)cc2F)cc1. The lowest BCUT2D eigenvalue weighted by molar-refractivity contribution is 0.415. The van der Waals surface area contributed by atoms with Crippen LogP contribution in [0.15, 0.2) is 42.5 Å². The second kappa shape index (κ2) is 5.61. The van der Waals surface area contributed by atoms with Crippen LogP contribution < -0.4 is 10.1 Å². The summed E-state index contributed by atoms with van der Waals surface area (Å²) >= 11 is 0. The molecule has 0 fully saturated rings. The van der Waals surface area contributed by atoms with Gasteiger partial charge in [-0.25, -0.2) is 4.39 Å². The molecule has 2 N–H and O–H groups in total. The molecule has 4 heteroatoms. The third kappa shape index (κ3) is 3.16.